The number of guanidine groups is 1. The number of ether oxygens (including phenoxy) is 1. The zero-order valence-electron chi connectivity index (χ0n) is 17.8. The average Bonchev–Trinajstić information content (AvgIpc) is 3.16. The summed E-state index contributed by atoms with van der Waals surface area (Å²) in [6, 6.07) is 10.6. The highest BCUT2D eigenvalue weighted by Crippen LogP contribution is 2.21. The Bertz CT molecular complexity index is 731. The van der Waals surface area contributed by atoms with Crippen molar-refractivity contribution in [3.8, 4) is 0 Å². The van der Waals surface area contributed by atoms with Gasteiger partial charge in [-0.2, -0.15) is 0 Å². The second-order valence-electron chi connectivity index (χ2n) is 7.20. The Morgan fingerprint density at radius 1 is 1.25 bits per heavy atom. The topological polar surface area (TPSA) is 61.8 Å². The van der Waals surface area contributed by atoms with Crippen LogP contribution in [0.2, 0.25) is 0 Å². The third kappa shape index (κ3) is 6.49. The van der Waals surface area contributed by atoms with Crippen LogP contribution in [0.15, 0.2) is 40.7 Å². The van der Waals surface area contributed by atoms with Crippen molar-refractivity contribution in [2.24, 2.45) is 10.9 Å². The number of nitrogens with one attached hydrogen (secondary N) is 2. The molecule has 0 bridgehead atoms. The molecular formula is C21H33N5OS. The van der Waals surface area contributed by atoms with E-state index in [9.17, 15) is 0 Å². The number of hydrogen-bond donors (Lipinski definition) is 2. The van der Waals surface area contributed by atoms with E-state index in [1.807, 2.05) is 39.2 Å². The molecule has 6 nitrogen and oxygen atoms in total. The van der Waals surface area contributed by atoms with E-state index in [2.05, 4.69) is 56.9 Å². The summed E-state index contributed by atoms with van der Waals surface area (Å²) in [5.74, 6) is 1.34. The third-order valence-electron chi connectivity index (χ3n) is 4.65. The second kappa shape index (κ2) is 11.0. The highest BCUT2D eigenvalue weighted by atomic mass is 32.1. The van der Waals surface area contributed by atoms with Gasteiger partial charge in [0.05, 0.1) is 12.2 Å². The minimum Gasteiger partial charge on any atom is -0.380 e. The van der Waals surface area contributed by atoms with Gasteiger partial charge >= 0.3 is 0 Å². The summed E-state index contributed by atoms with van der Waals surface area (Å²) >= 11 is 1.63. The van der Waals surface area contributed by atoms with Crippen molar-refractivity contribution in [1.82, 2.24) is 15.2 Å². The Morgan fingerprint density at radius 3 is 2.57 bits per heavy atom. The molecule has 28 heavy (non-hydrogen) atoms. The number of nitrogens with zero attached hydrogens (tertiary/aromatic N) is 3. The largest absolute Gasteiger partial charge is 0.380 e. The lowest BCUT2D eigenvalue weighted by atomic mass is 10.0. The summed E-state index contributed by atoms with van der Waals surface area (Å²) in [6.07, 6.45) is 0.0253. The Morgan fingerprint density at radius 2 is 1.96 bits per heavy atom. The molecule has 7 heteroatoms. The summed E-state index contributed by atoms with van der Waals surface area (Å²) < 4.78 is 5.35. The molecule has 2 aromatic rings. The quantitative estimate of drug-likeness (QED) is 0.490. The van der Waals surface area contributed by atoms with Gasteiger partial charge in [0, 0.05) is 44.9 Å². The number of hydrogen-bond acceptors (Lipinski definition) is 5. The third-order valence-corrected chi connectivity index (χ3v) is 5.71. The Hall–Kier alpha value is -2.12. The lowest BCUT2D eigenvalue weighted by Crippen LogP contribution is -2.45. The first-order valence-corrected chi connectivity index (χ1v) is 10.5. The molecule has 1 aromatic heterocycles. The number of thiazole rings is 1. The van der Waals surface area contributed by atoms with Crippen LogP contribution in [-0.2, 0) is 11.3 Å². The first-order valence-electron chi connectivity index (χ1n) is 9.65. The first kappa shape index (κ1) is 22.2. The van der Waals surface area contributed by atoms with Crippen LogP contribution in [-0.4, -0.2) is 49.6 Å². The van der Waals surface area contributed by atoms with E-state index in [0.29, 0.717) is 18.5 Å². The maximum Gasteiger partial charge on any atom is 0.193 e. The molecule has 0 saturated carbocycles. The van der Waals surface area contributed by atoms with E-state index in [-0.39, 0.29) is 6.10 Å². The number of para-hydroxylation sites is 1. The van der Waals surface area contributed by atoms with Crippen LogP contribution < -0.4 is 10.6 Å². The Labute approximate surface area is 173 Å². The molecule has 0 saturated heterocycles. The molecule has 2 unspecified atom stereocenters. The van der Waals surface area contributed by atoms with Crippen molar-refractivity contribution in [3.63, 3.8) is 0 Å². The molecule has 1 aromatic carbocycles. The molecule has 0 aliphatic rings. The molecule has 154 valence electrons. The minimum atomic E-state index is 0.0253. The van der Waals surface area contributed by atoms with Crippen LogP contribution in [0.3, 0.4) is 0 Å². The van der Waals surface area contributed by atoms with Gasteiger partial charge in [-0.1, -0.05) is 32.0 Å². The van der Waals surface area contributed by atoms with Crippen LogP contribution >= 0.6 is 11.3 Å². The lowest BCUT2D eigenvalue weighted by molar-refractivity contribution is 0.119. The number of methoxy groups -OCH3 is 1. The number of anilines is 1. The van der Waals surface area contributed by atoms with Crippen LogP contribution in [0.25, 0.3) is 0 Å². The fraction of sp³-hybridized carbons (Fsp3) is 0.524. The zero-order chi connectivity index (χ0) is 20.5. The fourth-order valence-electron chi connectivity index (χ4n) is 2.79. The van der Waals surface area contributed by atoms with E-state index < -0.39 is 0 Å². The van der Waals surface area contributed by atoms with Crippen molar-refractivity contribution in [2.45, 2.75) is 39.5 Å². The lowest BCUT2D eigenvalue weighted by Gasteiger charge is -2.27. The standard InChI is InChI=1S/C21H33N5OS/c1-15(2)19(24-17-10-8-7-9-11-17)12-23-21(22-4)26(5)13-18-14-28-20(25-18)16(3)27-6/h7-11,14-16,19,24H,12-13H2,1-6H3,(H,22,23). The van der Waals surface area contributed by atoms with Gasteiger partial charge in [0.2, 0.25) is 0 Å². The molecule has 2 N–H and O–H groups in total. The Kier molecular flexibility index (Phi) is 8.73. The van der Waals surface area contributed by atoms with Gasteiger partial charge in [0.15, 0.2) is 5.96 Å². The monoisotopic (exact) mass is 403 g/mol. The van der Waals surface area contributed by atoms with Gasteiger partial charge < -0.3 is 20.3 Å². The maximum absolute atomic E-state index is 5.35. The SMILES string of the molecule is CN=C(NCC(Nc1ccccc1)C(C)C)N(C)Cc1csc(C(C)OC)n1. The normalized spacial score (nSPS) is 14.0. The van der Waals surface area contributed by atoms with Crippen LogP contribution in [0.1, 0.15) is 37.6 Å². The summed E-state index contributed by atoms with van der Waals surface area (Å²) in [4.78, 5) is 11.2. The molecule has 0 fully saturated rings. The molecule has 1 heterocycles. The molecule has 2 atom stereocenters. The number of benzene rings is 1. The van der Waals surface area contributed by atoms with E-state index >= 15 is 0 Å². The number of rotatable bonds is 9. The summed E-state index contributed by atoms with van der Waals surface area (Å²) in [7, 11) is 5.55. The van der Waals surface area contributed by atoms with Gasteiger partial charge in [-0.05, 0) is 25.0 Å². The number of aliphatic imine (C=N–C) groups is 1. The van der Waals surface area contributed by atoms with Crippen molar-refractivity contribution < 1.29 is 4.74 Å². The second-order valence-corrected chi connectivity index (χ2v) is 8.09. The maximum atomic E-state index is 5.35. The van der Waals surface area contributed by atoms with Crippen LogP contribution in [0.4, 0.5) is 5.69 Å². The average molecular weight is 404 g/mol. The van der Waals surface area contributed by atoms with Gasteiger partial charge in [0.1, 0.15) is 11.1 Å². The molecule has 2 rings (SSSR count). The van der Waals surface area contributed by atoms with Gasteiger partial charge in [-0.25, -0.2) is 4.98 Å². The van der Waals surface area contributed by atoms with Crippen LogP contribution in [0.5, 0.6) is 0 Å². The molecule has 0 aliphatic carbocycles. The van der Waals surface area contributed by atoms with Crippen molar-refractivity contribution in [1.29, 1.82) is 0 Å². The van der Waals surface area contributed by atoms with Crippen molar-refractivity contribution in [3.05, 3.63) is 46.4 Å². The smallest absolute Gasteiger partial charge is 0.193 e. The molecule has 0 aliphatic heterocycles. The van der Waals surface area contributed by atoms with Crippen molar-refractivity contribution >= 4 is 23.0 Å². The van der Waals surface area contributed by atoms with Gasteiger partial charge in [0.25, 0.3) is 0 Å². The predicted molar refractivity (Wildman–Crippen MR) is 119 cm³/mol. The predicted octanol–water partition coefficient (Wildman–Crippen LogP) is 3.99. The van der Waals surface area contributed by atoms with E-state index in [0.717, 1.165) is 28.9 Å². The molecule has 0 amide bonds. The summed E-state index contributed by atoms with van der Waals surface area (Å²) in [6.45, 7) is 7.95. The van der Waals surface area contributed by atoms with E-state index in [1.54, 1.807) is 18.4 Å². The van der Waals surface area contributed by atoms with Gasteiger partial charge in [-0.3, -0.25) is 4.99 Å². The van der Waals surface area contributed by atoms with Crippen LogP contribution in [0, 0.1) is 5.92 Å². The fourth-order valence-corrected chi connectivity index (χ4v) is 3.63. The van der Waals surface area contributed by atoms with E-state index in [1.165, 1.54) is 0 Å². The molecule has 0 radical (unpaired) electrons. The first-order chi connectivity index (χ1) is 13.4. The minimum absolute atomic E-state index is 0.0253. The highest BCUT2D eigenvalue weighted by Gasteiger charge is 2.16. The van der Waals surface area contributed by atoms with E-state index in [4.69, 9.17) is 4.74 Å². The molecular weight excluding hydrogens is 370 g/mol. The summed E-state index contributed by atoms with van der Waals surface area (Å²) in [5, 5.41) is 10.2. The van der Waals surface area contributed by atoms with Crippen molar-refractivity contribution in [2.75, 3.05) is 33.1 Å². The zero-order valence-corrected chi connectivity index (χ0v) is 18.6. The summed E-state index contributed by atoms with van der Waals surface area (Å²) in [5.41, 5.74) is 2.16. The molecule has 0 spiro atoms. The Balaban J connectivity index is 1.93. The van der Waals surface area contributed by atoms with Gasteiger partial charge in [-0.15, -0.1) is 11.3 Å². The highest BCUT2D eigenvalue weighted by molar-refractivity contribution is 7.09. The number of aromatic nitrogens is 1.